The van der Waals surface area contributed by atoms with E-state index in [2.05, 4.69) is 12.2 Å². The number of amides is 2. The van der Waals surface area contributed by atoms with E-state index >= 15 is 0 Å². The van der Waals surface area contributed by atoms with Crippen molar-refractivity contribution < 1.29 is 14.3 Å². The fourth-order valence-electron chi connectivity index (χ4n) is 3.49. The van der Waals surface area contributed by atoms with Gasteiger partial charge in [-0.1, -0.05) is 24.3 Å². The van der Waals surface area contributed by atoms with Crippen molar-refractivity contribution in [3.63, 3.8) is 0 Å². The Bertz CT molecular complexity index is 648. The molecule has 3 rings (SSSR count). The Morgan fingerprint density at radius 3 is 2.48 bits per heavy atom. The van der Waals surface area contributed by atoms with Crippen molar-refractivity contribution in [3.05, 3.63) is 42.0 Å². The van der Waals surface area contributed by atoms with Crippen molar-refractivity contribution in [3.8, 4) is 5.75 Å². The molecule has 0 spiro atoms. The normalized spacial score (nSPS) is 20.0. The Labute approximate surface area is 149 Å². The Morgan fingerprint density at radius 1 is 1.12 bits per heavy atom. The predicted molar refractivity (Wildman–Crippen MR) is 96.3 cm³/mol. The number of methoxy groups -OCH3 is 1. The van der Waals surface area contributed by atoms with E-state index in [1.54, 1.807) is 7.11 Å². The molecule has 1 aromatic carbocycles. The van der Waals surface area contributed by atoms with Gasteiger partial charge in [0.15, 0.2) is 0 Å². The van der Waals surface area contributed by atoms with E-state index in [1.807, 2.05) is 34.1 Å². The third-order valence-electron chi connectivity index (χ3n) is 5.02. The minimum Gasteiger partial charge on any atom is -0.497 e. The largest absolute Gasteiger partial charge is 0.497 e. The molecule has 1 aromatic rings. The van der Waals surface area contributed by atoms with Crippen LogP contribution in [0.1, 0.15) is 24.8 Å². The Hall–Kier alpha value is -2.30. The highest BCUT2D eigenvalue weighted by Gasteiger charge is 2.25. The number of carbonyl (C=O) groups is 2. The average molecular weight is 342 g/mol. The summed E-state index contributed by atoms with van der Waals surface area (Å²) >= 11 is 0. The van der Waals surface area contributed by atoms with E-state index in [9.17, 15) is 9.59 Å². The first kappa shape index (κ1) is 17.5. The number of piperazine rings is 1. The van der Waals surface area contributed by atoms with Crippen LogP contribution in [0.2, 0.25) is 0 Å². The SMILES string of the molecule is COc1cccc(CC(=O)N2CCN(C(=O)C[C@@H]3C=CCC3)CC2)c1. The van der Waals surface area contributed by atoms with Crippen LogP contribution in [0.5, 0.6) is 5.75 Å². The zero-order valence-electron chi connectivity index (χ0n) is 14.8. The van der Waals surface area contributed by atoms with Gasteiger partial charge in [-0.15, -0.1) is 0 Å². The minimum atomic E-state index is 0.110. The molecular formula is C20H26N2O3. The molecular weight excluding hydrogens is 316 g/mol. The first-order valence-corrected chi connectivity index (χ1v) is 9.01. The lowest BCUT2D eigenvalue weighted by Crippen LogP contribution is -2.51. The number of carbonyl (C=O) groups excluding carboxylic acids is 2. The third-order valence-corrected chi connectivity index (χ3v) is 5.02. The summed E-state index contributed by atoms with van der Waals surface area (Å²) in [5.41, 5.74) is 0.955. The van der Waals surface area contributed by atoms with Crippen molar-refractivity contribution >= 4 is 11.8 Å². The molecule has 1 aliphatic heterocycles. The Kier molecular flexibility index (Phi) is 5.74. The second-order valence-corrected chi connectivity index (χ2v) is 6.76. The quantitative estimate of drug-likeness (QED) is 0.771. The van der Waals surface area contributed by atoms with Crippen LogP contribution in [0.4, 0.5) is 0 Å². The van der Waals surface area contributed by atoms with Crippen LogP contribution in [0.15, 0.2) is 36.4 Å². The first-order chi connectivity index (χ1) is 12.2. The second-order valence-electron chi connectivity index (χ2n) is 6.76. The lowest BCUT2D eigenvalue weighted by atomic mass is 10.0. The summed E-state index contributed by atoms with van der Waals surface area (Å²) in [6, 6.07) is 7.61. The van der Waals surface area contributed by atoms with Gasteiger partial charge in [0.2, 0.25) is 11.8 Å². The van der Waals surface area contributed by atoms with E-state index in [0.29, 0.717) is 44.9 Å². The van der Waals surface area contributed by atoms with Gasteiger partial charge >= 0.3 is 0 Å². The van der Waals surface area contributed by atoms with Crippen LogP contribution in [-0.4, -0.2) is 54.9 Å². The van der Waals surface area contributed by atoms with Gasteiger partial charge in [0.1, 0.15) is 5.75 Å². The molecule has 1 heterocycles. The van der Waals surface area contributed by atoms with Gasteiger partial charge in [0, 0.05) is 32.6 Å². The number of benzene rings is 1. The smallest absolute Gasteiger partial charge is 0.227 e. The predicted octanol–water partition coefficient (Wildman–Crippen LogP) is 2.26. The van der Waals surface area contributed by atoms with Gasteiger partial charge in [-0.2, -0.15) is 0 Å². The molecule has 2 aliphatic rings. The monoisotopic (exact) mass is 342 g/mol. The molecule has 5 nitrogen and oxygen atoms in total. The maximum atomic E-state index is 12.5. The van der Waals surface area contributed by atoms with Crippen molar-refractivity contribution in [2.75, 3.05) is 33.3 Å². The van der Waals surface area contributed by atoms with Gasteiger partial charge in [0.25, 0.3) is 0 Å². The van der Waals surface area contributed by atoms with Crippen LogP contribution in [0.25, 0.3) is 0 Å². The lowest BCUT2D eigenvalue weighted by molar-refractivity contribution is -0.139. The van der Waals surface area contributed by atoms with E-state index in [0.717, 1.165) is 24.2 Å². The molecule has 2 amide bonds. The van der Waals surface area contributed by atoms with E-state index < -0.39 is 0 Å². The number of nitrogens with zero attached hydrogens (tertiary/aromatic N) is 2. The van der Waals surface area contributed by atoms with Crippen LogP contribution >= 0.6 is 0 Å². The van der Waals surface area contributed by atoms with Crippen LogP contribution in [0, 0.1) is 5.92 Å². The summed E-state index contributed by atoms with van der Waals surface area (Å²) < 4.78 is 5.20. The average Bonchev–Trinajstić information content (AvgIpc) is 3.15. The van der Waals surface area contributed by atoms with Crippen molar-refractivity contribution in [1.82, 2.24) is 9.80 Å². The second kappa shape index (κ2) is 8.19. The van der Waals surface area contributed by atoms with Gasteiger partial charge in [-0.25, -0.2) is 0 Å². The number of allylic oxidation sites excluding steroid dienone is 2. The van der Waals surface area contributed by atoms with Gasteiger partial charge in [-0.05, 0) is 36.5 Å². The van der Waals surface area contributed by atoms with E-state index in [-0.39, 0.29) is 11.8 Å². The third kappa shape index (κ3) is 4.62. The minimum absolute atomic E-state index is 0.110. The summed E-state index contributed by atoms with van der Waals surface area (Å²) in [5, 5.41) is 0. The Balaban J connectivity index is 1.47. The highest BCUT2D eigenvalue weighted by Crippen LogP contribution is 2.21. The molecule has 1 atom stereocenters. The summed E-state index contributed by atoms with van der Waals surface area (Å²) in [4.78, 5) is 28.6. The maximum absolute atomic E-state index is 12.5. The highest BCUT2D eigenvalue weighted by atomic mass is 16.5. The fraction of sp³-hybridized carbons (Fsp3) is 0.500. The molecule has 0 aromatic heterocycles. The number of hydrogen-bond donors (Lipinski definition) is 0. The van der Waals surface area contributed by atoms with Crippen molar-refractivity contribution in [2.24, 2.45) is 5.92 Å². The number of hydrogen-bond acceptors (Lipinski definition) is 3. The van der Waals surface area contributed by atoms with Crippen molar-refractivity contribution in [2.45, 2.75) is 25.7 Å². The molecule has 0 unspecified atom stereocenters. The zero-order valence-corrected chi connectivity index (χ0v) is 14.8. The molecule has 1 aliphatic carbocycles. The molecule has 0 saturated carbocycles. The summed E-state index contributed by atoms with van der Waals surface area (Å²) in [6.07, 6.45) is 7.47. The van der Waals surface area contributed by atoms with E-state index in [1.165, 1.54) is 0 Å². The van der Waals surface area contributed by atoms with Crippen LogP contribution in [-0.2, 0) is 16.0 Å². The maximum Gasteiger partial charge on any atom is 0.227 e. The van der Waals surface area contributed by atoms with Crippen LogP contribution < -0.4 is 4.74 Å². The molecule has 134 valence electrons. The zero-order chi connectivity index (χ0) is 17.6. The summed E-state index contributed by atoms with van der Waals surface area (Å²) in [7, 11) is 1.62. The molecule has 1 fully saturated rings. The molecule has 5 heteroatoms. The standard InChI is InChI=1S/C20H26N2O3/c1-25-18-8-4-7-17(13-18)15-20(24)22-11-9-21(10-12-22)19(23)14-16-5-2-3-6-16/h2,4-5,7-8,13,16H,3,6,9-12,14-15H2,1H3/t16-/m1/s1. The summed E-state index contributed by atoms with van der Waals surface area (Å²) in [5.74, 6) is 1.50. The fourth-order valence-corrected chi connectivity index (χ4v) is 3.49. The van der Waals surface area contributed by atoms with Gasteiger partial charge in [0.05, 0.1) is 13.5 Å². The summed E-state index contributed by atoms with van der Waals surface area (Å²) in [6.45, 7) is 2.52. The lowest BCUT2D eigenvalue weighted by Gasteiger charge is -2.35. The van der Waals surface area contributed by atoms with Crippen LogP contribution in [0.3, 0.4) is 0 Å². The molecule has 1 saturated heterocycles. The molecule has 0 radical (unpaired) electrons. The van der Waals surface area contributed by atoms with Crippen molar-refractivity contribution in [1.29, 1.82) is 0 Å². The molecule has 0 N–H and O–H groups in total. The topological polar surface area (TPSA) is 49.9 Å². The molecule has 25 heavy (non-hydrogen) atoms. The number of ether oxygens (including phenoxy) is 1. The number of rotatable bonds is 5. The van der Waals surface area contributed by atoms with Gasteiger partial charge < -0.3 is 14.5 Å². The van der Waals surface area contributed by atoms with E-state index in [4.69, 9.17) is 4.74 Å². The van der Waals surface area contributed by atoms with Gasteiger partial charge in [-0.3, -0.25) is 9.59 Å². The Morgan fingerprint density at radius 2 is 1.84 bits per heavy atom. The highest BCUT2D eigenvalue weighted by molar-refractivity contribution is 5.80. The first-order valence-electron chi connectivity index (χ1n) is 9.01. The molecule has 0 bridgehead atoms.